The van der Waals surface area contributed by atoms with Crippen LogP contribution in [-0.2, 0) is 29.6 Å². The molecule has 14 nitrogen and oxygen atoms in total. The molecule has 16 heteroatoms. The molecule has 0 bridgehead atoms. The number of aliphatic hydroxyl groups excluding tert-OH is 1. The zero-order valence-corrected chi connectivity index (χ0v) is 25.2. The van der Waals surface area contributed by atoms with Crippen LogP contribution in [0.15, 0.2) is 46.3 Å². The number of aromatic nitrogens is 1. The Balaban J connectivity index is 1.08. The molecular formula is C26H37N5O9S2. The molecule has 4 heterocycles. The molecule has 1 spiro atoms. The van der Waals surface area contributed by atoms with E-state index >= 15 is 0 Å². The summed E-state index contributed by atoms with van der Waals surface area (Å²) in [7, 11) is -4.45. The number of hydrogen-bond acceptors (Lipinski definition) is 12. The van der Waals surface area contributed by atoms with E-state index in [2.05, 4.69) is 15.1 Å². The smallest absolute Gasteiger partial charge is 0.262 e. The lowest BCUT2D eigenvalue weighted by atomic mass is 9.88. The maximum absolute atomic E-state index is 13.4. The molecule has 5 rings (SSSR count). The average molecular weight is 628 g/mol. The maximum Gasteiger partial charge on any atom is 0.262 e. The minimum absolute atomic E-state index is 0.00298. The average Bonchev–Trinajstić information content (AvgIpc) is 3.37. The predicted molar refractivity (Wildman–Crippen MR) is 151 cm³/mol. The van der Waals surface area contributed by atoms with Crippen molar-refractivity contribution >= 4 is 25.7 Å². The monoisotopic (exact) mass is 627 g/mol. The molecule has 2 unspecified atom stereocenters. The van der Waals surface area contributed by atoms with Crippen LogP contribution in [0.1, 0.15) is 19.3 Å². The fraction of sp³-hybridized carbons (Fsp3) is 0.577. The number of nitrogens with zero attached hydrogens (tertiary/aromatic N) is 3. The molecule has 3 N–H and O–H groups in total. The number of pyridine rings is 1. The Hall–Kier alpha value is -2.57. The van der Waals surface area contributed by atoms with Gasteiger partial charge in [-0.2, -0.15) is 4.31 Å². The molecule has 2 saturated heterocycles. The van der Waals surface area contributed by atoms with E-state index in [9.17, 15) is 21.9 Å². The summed E-state index contributed by atoms with van der Waals surface area (Å²) in [6.07, 6.45) is 2.34. The van der Waals surface area contributed by atoms with Crippen LogP contribution in [0.2, 0.25) is 0 Å². The van der Waals surface area contributed by atoms with Crippen molar-refractivity contribution in [3.8, 4) is 11.6 Å². The molecule has 3 aliphatic heterocycles. The Labute approximate surface area is 246 Å². The van der Waals surface area contributed by atoms with E-state index in [0.29, 0.717) is 69.4 Å². The summed E-state index contributed by atoms with van der Waals surface area (Å²) in [5.41, 5.74) is 0.243. The number of rotatable bonds is 11. The normalized spacial score (nSPS) is 21.6. The van der Waals surface area contributed by atoms with Gasteiger partial charge >= 0.3 is 0 Å². The van der Waals surface area contributed by atoms with E-state index in [4.69, 9.17) is 14.2 Å². The molecule has 2 fully saturated rings. The van der Waals surface area contributed by atoms with Crippen molar-refractivity contribution in [3.63, 3.8) is 0 Å². The van der Waals surface area contributed by atoms with Gasteiger partial charge < -0.3 is 29.5 Å². The van der Waals surface area contributed by atoms with Crippen LogP contribution in [0.25, 0.3) is 0 Å². The quantitative estimate of drug-likeness (QED) is 0.288. The minimum Gasteiger partial charge on any atom is -0.491 e. The van der Waals surface area contributed by atoms with Crippen LogP contribution in [0.4, 0.5) is 5.69 Å². The summed E-state index contributed by atoms with van der Waals surface area (Å²) in [4.78, 5) is 12.7. The van der Waals surface area contributed by atoms with Crippen molar-refractivity contribution in [3.05, 3.63) is 36.5 Å². The first-order valence-electron chi connectivity index (χ1n) is 13.7. The lowest BCUT2D eigenvalue weighted by Gasteiger charge is -2.38. The van der Waals surface area contributed by atoms with Crippen molar-refractivity contribution in [2.75, 3.05) is 65.1 Å². The Morgan fingerprint density at radius 3 is 2.71 bits per heavy atom. The number of sulfonamides is 2. The highest BCUT2D eigenvalue weighted by Crippen LogP contribution is 2.38. The molecule has 2 atom stereocenters. The summed E-state index contributed by atoms with van der Waals surface area (Å²) in [5, 5.41) is 13.7. The Morgan fingerprint density at radius 1 is 1.17 bits per heavy atom. The lowest BCUT2D eigenvalue weighted by molar-refractivity contribution is -0.0312. The molecule has 1 aromatic carbocycles. The van der Waals surface area contributed by atoms with E-state index in [1.54, 1.807) is 12.1 Å². The number of benzene rings is 1. The minimum atomic E-state index is -3.82. The summed E-state index contributed by atoms with van der Waals surface area (Å²) in [5.74, 6) is 0.736. The topological polar surface area (TPSA) is 169 Å². The molecule has 42 heavy (non-hydrogen) atoms. The highest BCUT2D eigenvalue weighted by molar-refractivity contribution is 7.89. The van der Waals surface area contributed by atoms with Gasteiger partial charge in [-0.1, -0.05) is 11.0 Å². The van der Waals surface area contributed by atoms with Crippen LogP contribution >= 0.6 is 0 Å². The van der Waals surface area contributed by atoms with Gasteiger partial charge in [-0.05, 0) is 37.5 Å². The standard InChI is InChI=1S/C26H37N5O9S2/c1-30-10-11-38-25-24(30)13-23(16-28-25)42(35,36)31-8-6-26(7-9-31)14-19(17-40-26)27-15-20(32)18-39-21-4-3-5-22(12-21)41(33,34)29-37-2/h3-5,12-13,16,19-20,27,29,32H,6-11,14-15,17-18H2,1-2H3. The number of fused-ring (bicyclic) bond motifs is 1. The second-order valence-corrected chi connectivity index (χ2v) is 14.3. The van der Waals surface area contributed by atoms with Crippen LogP contribution in [-0.4, -0.2) is 109 Å². The van der Waals surface area contributed by atoms with Gasteiger partial charge in [0.2, 0.25) is 15.9 Å². The van der Waals surface area contributed by atoms with Gasteiger partial charge in [0.1, 0.15) is 35.7 Å². The molecule has 0 radical (unpaired) electrons. The Bertz CT molecular complexity index is 1470. The lowest BCUT2D eigenvalue weighted by Crippen LogP contribution is -2.47. The van der Waals surface area contributed by atoms with Crippen LogP contribution in [0, 0.1) is 0 Å². The molecule has 0 aliphatic carbocycles. The first-order valence-corrected chi connectivity index (χ1v) is 16.6. The van der Waals surface area contributed by atoms with E-state index in [1.807, 2.05) is 16.8 Å². The third-order valence-electron chi connectivity index (χ3n) is 7.76. The van der Waals surface area contributed by atoms with Crippen molar-refractivity contribution in [2.24, 2.45) is 0 Å². The third-order valence-corrected chi connectivity index (χ3v) is 10.9. The number of nitrogens with one attached hydrogen (secondary N) is 2. The molecule has 0 amide bonds. The molecule has 1 aromatic heterocycles. The van der Waals surface area contributed by atoms with Gasteiger partial charge in [-0.25, -0.2) is 21.8 Å². The highest BCUT2D eigenvalue weighted by Gasteiger charge is 2.45. The van der Waals surface area contributed by atoms with Crippen LogP contribution < -0.4 is 24.6 Å². The largest absolute Gasteiger partial charge is 0.491 e. The first kappa shape index (κ1) is 30.9. The predicted octanol–water partition coefficient (Wildman–Crippen LogP) is 0.0916. The van der Waals surface area contributed by atoms with Gasteiger partial charge in [0.05, 0.1) is 37.0 Å². The summed E-state index contributed by atoms with van der Waals surface area (Å²) in [6, 6.07) is 7.50. The van der Waals surface area contributed by atoms with Crippen molar-refractivity contribution in [1.29, 1.82) is 0 Å². The summed E-state index contributed by atoms with van der Waals surface area (Å²) < 4.78 is 69.7. The molecule has 2 aromatic rings. The zero-order valence-electron chi connectivity index (χ0n) is 23.6. The molecular weight excluding hydrogens is 590 g/mol. The van der Waals surface area contributed by atoms with E-state index < -0.39 is 31.8 Å². The highest BCUT2D eigenvalue weighted by atomic mass is 32.2. The van der Waals surface area contributed by atoms with E-state index in [0.717, 1.165) is 0 Å². The number of ether oxygens (including phenoxy) is 3. The number of piperidine rings is 1. The third kappa shape index (κ3) is 6.81. The molecule has 232 valence electrons. The van der Waals surface area contributed by atoms with Gasteiger partial charge in [0.15, 0.2) is 0 Å². The second kappa shape index (κ2) is 12.6. The van der Waals surface area contributed by atoms with Gasteiger partial charge in [0.25, 0.3) is 10.0 Å². The van der Waals surface area contributed by atoms with Gasteiger partial charge in [0, 0.05) is 38.8 Å². The van der Waals surface area contributed by atoms with E-state index in [-0.39, 0.29) is 29.0 Å². The number of likely N-dealkylation sites (N-methyl/N-ethyl adjacent to an activating group) is 1. The molecule has 0 saturated carbocycles. The van der Waals surface area contributed by atoms with Gasteiger partial charge in [-0.15, -0.1) is 0 Å². The fourth-order valence-electron chi connectivity index (χ4n) is 5.40. The second-order valence-electron chi connectivity index (χ2n) is 10.7. The SMILES string of the molecule is CONS(=O)(=O)c1cccc(OCC(O)CNC2COC3(CCN(S(=O)(=O)c4cnc5c(c4)N(C)CCO5)CC3)C2)c1. The summed E-state index contributed by atoms with van der Waals surface area (Å²) in [6.45, 7) is 2.50. The van der Waals surface area contributed by atoms with Gasteiger partial charge in [-0.3, -0.25) is 4.84 Å². The van der Waals surface area contributed by atoms with E-state index in [1.165, 1.54) is 35.8 Å². The zero-order chi connectivity index (χ0) is 30.0. The van der Waals surface area contributed by atoms with Crippen molar-refractivity contribution in [2.45, 2.75) is 46.8 Å². The fourth-order valence-corrected chi connectivity index (χ4v) is 7.65. The number of aliphatic hydroxyl groups is 1. The number of hydrogen-bond donors (Lipinski definition) is 3. The number of anilines is 1. The van der Waals surface area contributed by atoms with Crippen molar-refractivity contribution < 1.29 is 41.0 Å². The maximum atomic E-state index is 13.4. The van der Waals surface area contributed by atoms with Crippen LogP contribution in [0.5, 0.6) is 11.6 Å². The van der Waals surface area contributed by atoms with Crippen molar-refractivity contribution in [1.82, 2.24) is 19.5 Å². The Morgan fingerprint density at radius 2 is 1.95 bits per heavy atom. The molecule has 3 aliphatic rings. The summed E-state index contributed by atoms with van der Waals surface area (Å²) >= 11 is 0. The first-order chi connectivity index (χ1) is 20.0. The Kier molecular flexibility index (Phi) is 9.24. The van der Waals surface area contributed by atoms with Crippen LogP contribution in [0.3, 0.4) is 0 Å².